The molecule has 4 aromatic rings. The second-order valence-electron chi connectivity index (χ2n) is 9.14. The topological polar surface area (TPSA) is 125 Å². The molecule has 1 aliphatic rings. The third kappa shape index (κ3) is 4.69. The Kier molecular flexibility index (Phi) is 6.57. The summed E-state index contributed by atoms with van der Waals surface area (Å²) in [5, 5.41) is 21.9. The van der Waals surface area contributed by atoms with Crippen molar-refractivity contribution in [2.24, 2.45) is 10.4 Å². The number of rotatable bonds is 6. The van der Waals surface area contributed by atoms with Crippen molar-refractivity contribution in [3.05, 3.63) is 66.0 Å². The molecule has 3 N–H and O–H groups in total. The van der Waals surface area contributed by atoms with Crippen LogP contribution >= 0.6 is 0 Å². The number of benzene rings is 2. The number of aromatic nitrogens is 2. The number of hydrogen-bond acceptors (Lipinski definition) is 8. The minimum Gasteiger partial charge on any atom is -0.496 e. The van der Waals surface area contributed by atoms with Crippen LogP contribution in [0.5, 0.6) is 17.2 Å². The molecule has 11 heteroatoms. The number of nitrogens with one attached hydrogen (secondary N) is 2. The molecular weight excluding hydrogens is 496 g/mol. The number of pyridine rings is 1. The zero-order chi connectivity index (χ0) is 26.9. The molecule has 1 aliphatic heterocycles. The van der Waals surface area contributed by atoms with Gasteiger partial charge in [-0.1, -0.05) is 6.92 Å². The Morgan fingerprint density at radius 1 is 1.18 bits per heavy atom. The highest BCUT2D eigenvalue weighted by atomic mass is 19.1. The molecular formula is C27H23F2N5O4. The second-order valence-corrected chi connectivity index (χ2v) is 9.14. The summed E-state index contributed by atoms with van der Waals surface area (Å²) in [5.41, 5.74) is 1.69. The minimum atomic E-state index is -0.942. The number of hydrogen-bond donors (Lipinski definition) is 3. The van der Waals surface area contributed by atoms with Crippen molar-refractivity contribution in [2.45, 2.75) is 6.92 Å². The summed E-state index contributed by atoms with van der Waals surface area (Å²) in [6.45, 7) is 2.24. The molecule has 3 heterocycles. The molecule has 0 saturated heterocycles. The van der Waals surface area contributed by atoms with Crippen LogP contribution < -0.4 is 14.8 Å². The van der Waals surface area contributed by atoms with Crippen LogP contribution in [0.3, 0.4) is 0 Å². The summed E-state index contributed by atoms with van der Waals surface area (Å²) < 4.78 is 46.9. The fourth-order valence-electron chi connectivity index (χ4n) is 4.04. The van der Waals surface area contributed by atoms with Crippen LogP contribution in [0.4, 0.5) is 14.5 Å². The Morgan fingerprint density at radius 2 is 1.97 bits per heavy atom. The molecule has 9 nitrogen and oxygen atoms in total. The number of halogens is 2. The first-order valence-electron chi connectivity index (χ1n) is 11.6. The number of amidine groups is 1. The lowest BCUT2D eigenvalue weighted by molar-refractivity contribution is 0.0706. The fourth-order valence-corrected chi connectivity index (χ4v) is 4.04. The largest absolute Gasteiger partial charge is 0.496 e. The first-order chi connectivity index (χ1) is 18.3. The lowest BCUT2D eigenvalue weighted by atomic mass is 9.93. The van der Waals surface area contributed by atoms with Crippen molar-refractivity contribution >= 4 is 22.7 Å². The highest BCUT2D eigenvalue weighted by Crippen LogP contribution is 2.41. The number of H-pyrrole nitrogens is 1. The van der Waals surface area contributed by atoms with E-state index in [1.807, 2.05) is 6.92 Å². The van der Waals surface area contributed by atoms with Crippen LogP contribution in [0.1, 0.15) is 12.5 Å². The maximum absolute atomic E-state index is 15.1. The average Bonchev–Trinajstić information content (AvgIpc) is 3.36. The van der Waals surface area contributed by atoms with Gasteiger partial charge in [-0.2, -0.15) is 5.26 Å². The van der Waals surface area contributed by atoms with Crippen LogP contribution in [-0.4, -0.2) is 48.0 Å². The van der Waals surface area contributed by atoms with Gasteiger partial charge in [-0.25, -0.2) is 18.8 Å². The highest BCUT2D eigenvalue weighted by Gasteiger charge is 2.29. The number of nitrogens with zero attached hydrogens (tertiary/aromatic N) is 3. The van der Waals surface area contributed by atoms with E-state index < -0.39 is 22.8 Å². The summed E-state index contributed by atoms with van der Waals surface area (Å²) >= 11 is 0. The van der Waals surface area contributed by atoms with Gasteiger partial charge in [0.2, 0.25) is 0 Å². The maximum Gasteiger partial charge on any atom is 0.289 e. The lowest BCUT2D eigenvalue weighted by Crippen LogP contribution is -2.38. The van der Waals surface area contributed by atoms with Crippen molar-refractivity contribution in [2.75, 3.05) is 32.2 Å². The molecule has 1 atom stereocenters. The first kappa shape index (κ1) is 25.0. The van der Waals surface area contributed by atoms with Crippen LogP contribution in [0, 0.1) is 28.4 Å². The summed E-state index contributed by atoms with van der Waals surface area (Å²) in [7, 11) is 1.49. The van der Waals surface area contributed by atoms with Gasteiger partial charge in [0, 0.05) is 46.8 Å². The summed E-state index contributed by atoms with van der Waals surface area (Å²) in [4.78, 5) is 11.5. The van der Waals surface area contributed by atoms with Crippen LogP contribution in [0.25, 0.3) is 22.2 Å². The minimum absolute atomic E-state index is 0.0863. The van der Waals surface area contributed by atoms with E-state index in [9.17, 15) is 10.4 Å². The quantitative estimate of drug-likeness (QED) is 0.328. The van der Waals surface area contributed by atoms with E-state index in [2.05, 4.69) is 26.3 Å². The predicted molar refractivity (Wildman–Crippen MR) is 136 cm³/mol. The Bertz CT molecular complexity index is 1570. The molecule has 0 radical (unpaired) electrons. The number of fused-ring (bicyclic) bond motifs is 1. The van der Waals surface area contributed by atoms with Crippen molar-refractivity contribution in [1.29, 1.82) is 5.26 Å². The molecule has 0 bridgehead atoms. The van der Waals surface area contributed by atoms with Gasteiger partial charge in [0.05, 0.1) is 37.3 Å². The number of aliphatic imine (C=N–C) groups is 1. The normalized spacial score (nSPS) is 16.9. The highest BCUT2D eigenvalue weighted by molar-refractivity contribution is 5.99. The van der Waals surface area contributed by atoms with Crippen molar-refractivity contribution in [3.8, 4) is 34.4 Å². The summed E-state index contributed by atoms with van der Waals surface area (Å²) in [6.07, 6.45) is 3.14. The van der Waals surface area contributed by atoms with Gasteiger partial charge in [0.25, 0.3) is 6.02 Å². The van der Waals surface area contributed by atoms with Crippen LogP contribution in [-0.2, 0) is 4.74 Å². The van der Waals surface area contributed by atoms with E-state index in [1.165, 1.54) is 19.4 Å². The molecule has 0 saturated carbocycles. The molecule has 194 valence electrons. The van der Waals surface area contributed by atoms with Crippen molar-refractivity contribution in [1.82, 2.24) is 9.97 Å². The number of ether oxygens (including phenoxy) is 3. The molecule has 0 aliphatic carbocycles. The van der Waals surface area contributed by atoms with E-state index in [1.54, 1.807) is 24.4 Å². The van der Waals surface area contributed by atoms with Crippen LogP contribution in [0.2, 0.25) is 0 Å². The first-order valence-corrected chi connectivity index (χ1v) is 11.6. The Labute approximate surface area is 216 Å². The smallest absolute Gasteiger partial charge is 0.289 e. The van der Waals surface area contributed by atoms with Gasteiger partial charge in [-0.3, -0.25) is 0 Å². The van der Waals surface area contributed by atoms with Crippen molar-refractivity contribution < 1.29 is 28.1 Å². The summed E-state index contributed by atoms with van der Waals surface area (Å²) in [5.74, 6) is -1.87. The number of nitriles is 1. The monoisotopic (exact) mass is 519 g/mol. The standard InChI is InChI=1S/C27H23F2N5O4/c1-27(13-35)12-33-26(37-14-27)34-16-8-19(28)24(20(29)9-16)38-21-5-6-31-25-23(21)18(11-32-25)17-4-3-15(10-30)7-22(17)36-2/h3-9,11,35H,12-14H2,1-2H3,(H,31,32)(H,33,34)/t27-/m1/s1. The Balaban J connectivity index is 1.47. The predicted octanol–water partition coefficient (Wildman–Crippen LogP) is 4.98. The molecule has 2 aromatic carbocycles. The maximum atomic E-state index is 15.1. The van der Waals surface area contributed by atoms with Crippen molar-refractivity contribution in [3.63, 3.8) is 0 Å². The molecule has 0 spiro atoms. The van der Waals surface area contributed by atoms with E-state index in [0.717, 1.165) is 12.1 Å². The van der Waals surface area contributed by atoms with E-state index >= 15 is 8.78 Å². The summed E-state index contributed by atoms with van der Waals surface area (Å²) in [6, 6.07) is 10.8. The van der Waals surface area contributed by atoms with E-state index in [0.29, 0.717) is 40.0 Å². The molecule has 2 aromatic heterocycles. The third-order valence-electron chi connectivity index (χ3n) is 6.16. The number of aromatic amines is 1. The molecule has 0 amide bonds. The van der Waals surface area contributed by atoms with E-state index in [4.69, 9.17) is 14.2 Å². The lowest BCUT2D eigenvalue weighted by Gasteiger charge is -2.30. The van der Waals surface area contributed by atoms with Gasteiger partial charge in [-0.15, -0.1) is 0 Å². The Hall–Kier alpha value is -4.69. The molecule has 0 fully saturated rings. The average molecular weight is 520 g/mol. The molecule has 38 heavy (non-hydrogen) atoms. The van der Waals surface area contributed by atoms with Gasteiger partial charge >= 0.3 is 0 Å². The molecule has 5 rings (SSSR count). The van der Waals surface area contributed by atoms with Gasteiger partial charge < -0.3 is 29.6 Å². The Morgan fingerprint density at radius 3 is 2.63 bits per heavy atom. The fraction of sp³-hybridized carbons (Fsp3) is 0.222. The number of methoxy groups -OCH3 is 1. The van der Waals surface area contributed by atoms with E-state index in [-0.39, 0.29) is 30.7 Å². The SMILES string of the molecule is COc1cc(C#N)ccc1-c1c[nH]c2nccc(Oc3c(F)cc(NC4=NC[C@](C)(CO)CO4)cc3F)c12. The second kappa shape index (κ2) is 9.99. The number of aliphatic hydroxyl groups excluding tert-OH is 1. The van der Waals surface area contributed by atoms with Gasteiger partial charge in [0.1, 0.15) is 23.8 Å². The zero-order valence-corrected chi connectivity index (χ0v) is 20.5. The van der Waals surface area contributed by atoms with Gasteiger partial charge in [0.15, 0.2) is 17.4 Å². The van der Waals surface area contributed by atoms with Gasteiger partial charge in [-0.05, 0) is 24.3 Å². The zero-order valence-electron chi connectivity index (χ0n) is 20.5. The van der Waals surface area contributed by atoms with Crippen LogP contribution in [0.15, 0.2) is 53.8 Å². The molecule has 0 unspecified atom stereocenters. The third-order valence-corrected chi connectivity index (χ3v) is 6.16. The number of aliphatic hydroxyl groups is 1. The number of anilines is 1.